The zero-order valence-electron chi connectivity index (χ0n) is 10.6. The van der Waals surface area contributed by atoms with Gasteiger partial charge in [-0.3, -0.25) is 9.78 Å². The molecular weight excluding hydrogens is 230 g/mol. The number of hydrogen-bond acceptors (Lipinski definition) is 5. The minimum atomic E-state index is -0.211. The van der Waals surface area contributed by atoms with Crippen molar-refractivity contribution in [2.75, 3.05) is 32.5 Å². The molecule has 0 amide bonds. The van der Waals surface area contributed by atoms with Crippen LogP contribution in [0.2, 0.25) is 0 Å². The van der Waals surface area contributed by atoms with Crippen molar-refractivity contribution in [2.45, 2.75) is 6.42 Å². The molecule has 0 aliphatic carbocycles. The largest absolute Gasteiger partial charge is 0.367 e. The van der Waals surface area contributed by atoms with E-state index in [2.05, 4.69) is 25.4 Å². The number of pyridine rings is 1. The van der Waals surface area contributed by atoms with Gasteiger partial charge in [-0.05, 0) is 39.2 Å². The Kier molecular flexibility index (Phi) is 3.88. The van der Waals surface area contributed by atoms with Crippen LogP contribution in [-0.4, -0.2) is 47.3 Å². The van der Waals surface area contributed by atoms with Crippen molar-refractivity contribution < 1.29 is 0 Å². The molecule has 0 radical (unpaired) electrons. The quantitative estimate of drug-likeness (QED) is 0.760. The van der Waals surface area contributed by atoms with Crippen LogP contribution in [0.25, 0.3) is 10.9 Å². The second kappa shape index (κ2) is 5.59. The number of aromatic nitrogens is 3. The first-order valence-corrected chi connectivity index (χ1v) is 5.90. The maximum absolute atomic E-state index is 11.6. The first-order valence-electron chi connectivity index (χ1n) is 5.90. The lowest BCUT2D eigenvalue weighted by Crippen LogP contribution is -2.18. The Morgan fingerprint density at radius 1 is 1.44 bits per heavy atom. The molecule has 0 fully saturated rings. The standard InChI is InChI=1S/C12H17N5O/c1-17(2)8-4-7-14-11-10-9(5-3-6-13-10)12(18)16-15-11/h3,5-6H,4,7-8H2,1-2H3,(H,14,15)(H,16,18). The van der Waals surface area contributed by atoms with E-state index in [1.165, 1.54) is 0 Å². The van der Waals surface area contributed by atoms with E-state index in [9.17, 15) is 4.79 Å². The second-order valence-corrected chi connectivity index (χ2v) is 4.38. The predicted molar refractivity (Wildman–Crippen MR) is 71.8 cm³/mol. The van der Waals surface area contributed by atoms with Crippen molar-refractivity contribution >= 4 is 16.7 Å². The summed E-state index contributed by atoms with van der Waals surface area (Å²) in [7, 11) is 4.07. The molecule has 2 aromatic rings. The van der Waals surface area contributed by atoms with E-state index in [0.717, 1.165) is 19.5 Å². The van der Waals surface area contributed by atoms with Gasteiger partial charge in [-0.15, -0.1) is 0 Å². The first kappa shape index (κ1) is 12.5. The Morgan fingerprint density at radius 2 is 2.28 bits per heavy atom. The van der Waals surface area contributed by atoms with Gasteiger partial charge < -0.3 is 10.2 Å². The number of H-pyrrole nitrogens is 1. The van der Waals surface area contributed by atoms with Crippen LogP contribution in [0.15, 0.2) is 23.1 Å². The third kappa shape index (κ3) is 2.84. The van der Waals surface area contributed by atoms with Gasteiger partial charge in [-0.2, -0.15) is 5.10 Å². The molecule has 0 unspecified atom stereocenters. The van der Waals surface area contributed by atoms with Crippen molar-refractivity contribution in [1.82, 2.24) is 20.1 Å². The molecule has 0 saturated carbocycles. The molecule has 2 aromatic heterocycles. The molecule has 0 aliphatic rings. The number of fused-ring (bicyclic) bond motifs is 1. The first-order chi connectivity index (χ1) is 8.68. The second-order valence-electron chi connectivity index (χ2n) is 4.38. The third-order valence-electron chi connectivity index (χ3n) is 2.62. The van der Waals surface area contributed by atoms with Crippen LogP contribution in [-0.2, 0) is 0 Å². The van der Waals surface area contributed by atoms with Crippen molar-refractivity contribution in [2.24, 2.45) is 0 Å². The molecule has 0 aromatic carbocycles. The van der Waals surface area contributed by atoms with E-state index in [-0.39, 0.29) is 5.56 Å². The summed E-state index contributed by atoms with van der Waals surface area (Å²) in [5, 5.41) is 10.2. The van der Waals surface area contributed by atoms with Crippen molar-refractivity contribution in [3.63, 3.8) is 0 Å². The Bertz CT molecular complexity index is 578. The van der Waals surface area contributed by atoms with Crippen LogP contribution in [0.5, 0.6) is 0 Å². The number of rotatable bonds is 5. The van der Waals surface area contributed by atoms with Gasteiger partial charge in [0.05, 0.1) is 5.39 Å². The predicted octanol–water partition coefficient (Wildman–Crippen LogP) is 0.682. The molecule has 0 saturated heterocycles. The lowest BCUT2D eigenvalue weighted by atomic mass is 10.3. The summed E-state index contributed by atoms with van der Waals surface area (Å²) in [5.74, 6) is 0.629. The van der Waals surface area contributed by atoms with Crippen LogP contribution < -0.4 is 10.9 Å². The molecule has 0 bridgehead atoms. The van der Waals surface area contributed by atoms with Gasteiger partial charge in [-0.1, -0.05) is 0 Å². The lowest BCUT2D eigenvalue weighted by Gasteiger charge is -2.10. The third-order valence-corrected chi connectivity index (χ3v) is 2.62. The Balaban J connectivity index is 2.14. The van der Waals surface area contributed by atoms with Gasteiger partial charge in [-0.25, -0.2) is 5.10 Å². The SMILES string of the molecule is CN(C)CCCNc1n[nH]c(=O)c2cccnc12. The van der Waals surface area contributed by atoms with E-state index >= 15 is 0 Å². The fraction of sp³-hybridized carbons (Fsp3) is 0.417. The lowest BCUT2D eigenvalue weighted by molar-refractivity contribution is 0.405. The smallest absolute Gasteiger partial charge is 0.273 e. The Labute approximate surface area is 105 Å². The monoisotopic (exact) mass is 247 g/mol. The maximum atomic E-state index is 11.6. The van der Waals surface area contributed by atoms with Crippen molar-refractivity contribution in [3.05, 3.63) is 28.7 Å². The van der Waals surface area contributed by atoms with Gasteiger partial charge in [0.15, 0.2) is 5.82 Å². The highest BCUT2D eigenvalue weighted by atomic mass is 16.1. The normalized spacial score (nSPS) is 11.1. The zero-order chi connectivity index (χ0) is 13.0. The fourth-order valence-corrected chi connectivity index (χ4v) is 1.72. The minimum Gasteiger partial charge on any atom is -0.367 e. The fourth-order valence-electron chi connectivity index (χ4n) is 1.72. The van der Waals surface area contributed by atoms with Gasteiger partial charge in [0.25, 0.3) is 5.56 Å². The summed E-state index contributed by atoms with van der Waals surface area (Å²) in [4.78, 5) is 17.9. The number of aromatic amines is 1. The average Bonchev–Trinajstić information content (AvgIpc) is 2.37. The molecule has 18 heavy (non-hydrogen) atoms. The molecule has 2 rings (SSSR count). The van der Waals surface area contributed by atoms with Crippen LogP contribution in [0, 0.1) is 0 Å². The van der Waals surface area contributed by atoms with Crippen LogP contribution in [0.3, 0.4) is 0 Å². The summed E-state index contributed by atoms with van der Waals surface area (Å²) < 4.78 is 0. The Hall–Kier alpha value is -1.95. The summed E-state index contributed by atoms with van der Waals surface area (Å²) in [6, 6.07) is 3.49. The number of nitrogens with zero attached hydrogens (tertiary/aromatic N) is 3. The zero-order valence-corrected chi connectivity index (χ0v) is 10.6. The van der Waals surface area contributed by atoms with E-state index in [1.807, 2.05) is 14.1 Å². The Morgan fingerprint density at radius 3 is 3.06 bits per heavy atom. The molecule has 0 aliphatic heterocycles. The highest BCUT2D eigenvalue weighted by Gasteiger charge is 2.06. The highest BCUT2D eigenvalue weighted by molar-refractivity contribution is 5.86. The molecule has 0 spiro atoms. The molecule has 6 heteroatoms. The number of anilines is 1. The molecule has 6 nitrogen and oxygen atoms in total. The summed E-state index contributed by atoms with van der Waals surface area (Å²) >= 11 is 0. The van der Waals surface area contributed by atoms with Crippen LogP contribution in [0.1, 0.15) is 6.42 Å². The maximum Gasteiger partial charge on any atom is 0.273 e. The molecule has 2 heterocycles. The van der Waals surface area contributed by atoms with Gasteiger partial charge in [0.1, 0.15) is 5.52 Å². The number of nitrogens with one attached hydrogen (secondary N) is 2. The summed E-state index contributed by atoms with van der Waals surface area (Å²) in [6.07, 6.45) is 2.66. The molecular formula is C12H17N5O. The average molecular weight is 247 g/mol. The van der Waals surface area contributed by atoms with E-state index in [0.29, 0.717) is 16.7 Å². The molecule has 96 valence electrons. The highest BCUT2D eigenvalue weighted by Crippen LogP contribution is 2.13. The van der Waals surface area contributed by atoms with Gasteiger partial charge in [0.2, 0.25) is 0 Å². The van der Waals surface area contributed by atoms with E-state index in [4.69, 9.17) is 0 Å². The van der Waals surface area contributed by atoms with Crippen LogP contribution in [0.4, 0.5) is 5.82 Å². The number of hydrogen-bond donors (Lipinski definition) is 2. The van der Waals surface area contributed by atoms with Crippen molar-refractivity contribution in [3.8, 4) is 0 Å². The van der Waals surface area contributed by atoms with Crippen molar-refractivity contribution in [1.29, 1.82) is 0 Å². The van der Waals surface area contributed by atoms with E-state index < -0.39 is 0 Å². The summed E-state index contributed by atoms with van der Waals surface area (Å²) in [6.45, 7) is 1.80. The van der Waals surface area contributed by atoms with E-state index in [1.54, 1.807) is 18.3 Å². The van der Waals surface area contributed by atoms with Gasteiger partial charge >= 0.3 is 0 Å². The summed E-state index contributed by atoms with van der Waals surface area (Å²) in [5.41, 5.74) is 0.406. The topological polar surface area (TPSA) is 73.9 Å². The minimum absolute atomic E-state index is 0.211. The van der Waals surface area contributed by atoms with Gasteiger partial charge in [0, 0.05) is 12.7 Å². The molecule has 2 N–H and O–H groups in total. The van der Waals surface area contributed by atoms with Crippen LogP contribution >= 0.6 is 0 Å². The molecule has 0 atom stereocenters.